The van der Waals surface area contributed by atoms with Gasteiger partial charge in [0.2, 0.25) is 5.91 Å². The van der Waals surface area contributed by atoms with Crippen molar-refractivity contribution in [3.05, 3.63) is 17.5 Å². The predicted molar refractivity (Wildman–Crippen MR) is 88.6 cm³/mol. The fourth-order valence-electron chi connectivity index (χ4n) is 3.33. The average molecular weight is 348 g/mol. The topological polar surface area (TPSA) is 84.7 Å². The van der Waals surface area contributed by atoms with Gasteiger partial charge < -0.3 is 14.5 Å². The van der Waals surface area contributed by atoms with Gasteiger partial charge in [-0.2, -0.15) is 5.10 Å². The summed E-state index contributed by atoms with van der Waals surface area (Å²) in [6, 6.07) is 1.80. The fourth-order valence-corrected chi connectivity index (χ4v) is 3.33. The third-order valence-corrected chi connectivity index (χ3v) is 4.75. The van der Waals surface area contributed by atoms with E-state index in [1.807, 2.05) is 9.58 Å². The Morgan fingerprint density at radius 3 is 2.48 bits per heavy atom. The molecule has 1 saturated heterocycles. The van der Waals surface area contributed by atoms with Crippen molar-refractivity contribution in [2.45, 2.75) is 45.2 Å². The van der Waals surface area contributed by atoms with Crippen molar-refractivity contribution in [1.29, 1.82) is 0 Å². The van der Waals surface area contributed by atoms with E-state index in [9.17, 15) is 14.4 Å². The molecule has 0 aromatic carbocycles. The first-order chi connectivity index (χ1) is 12.1. The first-order valence-corrected chi connectivity index (χ1v) is 8.79. The Bertz CT molecular complexity index is 664. The van der Waals surface area contributed by atoms with Crippen LogP contribution in [0.2, 0.25) is 0 Å². The van der Waals surface area contributed by atoms with Crippen LogP contribution >= 0.6 is 0 Å². The summed E-state index contributed by atoms with van der Waals surface area (Å²) in [5, 5.41) is 4.45. The van der Waals surface area contributed by atoms with Gasteiger partial charge in [-0.05, 0) is 25.3 Å². The van der Waals surface area contributed by atoms with Crippen LogP contribution in [0.4, 0.5) is 0 Å². The van der Waals surface area contributed by atoms with Crippen LogP contribution in [0.15, 0.2) is 6.07 Å². The van der Waals surface area contributed by atoms with Crippen LogP contribution in [-0.2, 0) is 27.4 Å². The van der Waals surface area contributed by atoms with Crippen molar-refractivity contribution >= 4 is 17.8 Å². The summed E-state index contributed by atoms with van der Waals surface area (Å²) >= 11 is 0. The summed E-state index contributed by atoms with van der Waals surface area (Å²) in [4.78, 5) is 39.6. The van der Waals surface area contributed by atoms with Gasteiger partial charge in [0.1, 0.15) is 0 Å². The molecule has 0 atom stereocenters. The molecule has 2 aliphatic rings. The highest BCUT2D eigenvalue weighted by atomic mass is 16.5. The number of amides is 2. The molecule has 0 N–H and O–H groups in total. The molecule has 0 radical (unpaired) electrons. The molecular formula is C17H24N4O4. The van der Waals surface area contributed by atoms with Crippen molar-refractivity contribution in [2.24, 2.45) is 0 Å². The van der Waals surface area contributed by atoms with Gasteiger partial charge in [-0.1, -0.05) is 0 Å². The van der Waals surface area contributed by atoms with Gasteiger partial charge in [-0.25, -0.2) is 0 Å². The van der Waals surface area contributed by atoms with E-state index in [2.05, 4.69) is 9.84 Å². The minimum atomic E-state index is -0.383. The van der Waals surface area contributed by atoms with Gasteiger partial charge in [0, 0.05) is 32.6 Å². The summed E-state index contributed by atoms with van der Waals surface area (Å²) in [5.74, 6) is -0.485. The number of ether oxygens (including phenoxy) is 1. The van der Waals surface area contributed by atoms with E-state index in [-0.39, 0.29) is 30.6 Å². The van der Waals surface area contributed by atoms with E-state index in [1.165, 1.54) is 7.11 Å². The van der Waals surface area contributed by atoms with Crippen LogP contribution in [0, 0.1) is 0 Å². The van der Waals surface area contributed by atoms with E-state index in [1.54, 1.807) is 11.0 Å². The molecule has 2 aliphatic heterocycles. The van der Waals surface area contributed by atoms with E-state index < -0.39 is 0 Å². The second-order valence-electron chi connectivity index (χ2n) is 6.49. The number of likely N-dealkylation sites (tertiary alicyclic amines) is 1. The van der Waals surface area contributed by atoms with Crippen LogP contribution in [-0.4, -0.2) is 64.1 Å². The molecule has 8 heteroatoms. The molecule has 1 aromatic rings. The van der Waals surface area contributed by atoms with Crippen LogP contribution in [0.1, 0.15) is 48.3 Å². The van der Waals surface area contributed by atoms with Crippen LogP contribution < -0.4 is 0 Å². The lowest BCUT2D eigenvalue weighted by Gasteiger charge is -2.19. The highest BCUT2D eigenvalue weighted by molar-refractivity contribution is 5.92. The van der Waals surface area contributed by atoms with Crippen molar-refractivity contribution < 1.29 is 19.1 Å². The zero-order chi connectivity index (χ0) is 17.8. The number of hydrogen-bond donors (Lipinski definition) is 0. The summed E-state index contributed by atoms with van der Waals surface area (Å²) in [6.07, 6.45) is 3.09. The van der Waals surface area contributed by atoms with Crippen LogP contribution in [0.3, 0.4) is 0 Å². The molecule has 1 fully saturated rings. The monoisotopic (exact) mass is 348 g/mol. The van der Waals surface area contributed by atoms with Crippen LogP contribution in [0.5, 0.6) is 0 Å². The lowest BCUT2D eigenvalue weighted by atomic mass is 10.2. The van der Waals surface area contributed by atoms with Crippen molar-refractivity contribution in [3.8, 4) is 0 Å². The SMILES string of the molecule is COC(=O)CCC(=O)N1CCCn2nc(C(=O)N3CCCC3)cc2C1. The zero-order valence-corrected chi connectivity index (χ0v) is 14.6. The highest BCUT2D eigenvalue weighted by Gasteiger charge is 2.26. The fraction of sp³-hybridized carbons (Fsp3) is 0.647. The highest BCUT2D eigenvalue weighted by Crippen LogP contribution is 2.18. The average Bonchev–Trinajstić information content (AvgIpc) is 3.25. The molecule has 0 saturated carbocycles. The predicted octanol–water partition coefficient (Wildman–Crippen LogP) is 0.805. The Hall–Kier alpha value is -2.38. The third kappa shape index (κ3) is 4.00. The Kier molecular flexibility index (Phi) is 5.35. The number of aryl methyl sites for hydroxylation is 1. The van der Waals surface area contributed by atoms with Crippen LogP contribution in [0.25, 0.3) is 0 Å². The molecule has 3 rings (SSSR count). The molecule has 136 valence electrons. The van der Waals surface area contributed by atoms with Gasteiger partial charge >= 0.3 is 5.97 Å². The molecule has 8 nitrogen and oxygen atoms in total. The number of esters is 1. The molecule has 0 aliphatic carbocycles. The summed E-state index contributed by atoms with van der Waals surface area (Å²) in [5.41, 5.74) is 1.33. The maximum atomic E-state index is 12.5. The lowest BCUT2D eigenvalue weighted by molar-refractivity contribution is -0.143. The maximum Gasteiger partial charge on any atom is 0.306 e. The second kappa shape index (κ2) is 7.67. The molecule has 2 amide bonds. The molecular weight excluding hydrogens is 324 g/mol. The maximum absolute atomic E-state index is 12.5. The summed E-state index contributed by atoms with van der Waals surface area (Å²) < 4.78 is 6.41. The van der Waals surface area contributed by atoms with E-state index in [4.69, 9.17) is 0 Å². The van der Waals surface area contributed by atoms with E-state index >= 15 is 0 Å². The van der Waals surface area contributed by atoms with Crippen molar-refractivity contribution in [3.63, 3.8) is 0 Å². The number of aromatic nitrogens is 2. The number of carbonyl (C=O) groups is 3. The smallest absolute Gasteiger partial charge is 0.306 e. The molecule has 3 heterocycles. The molecule has 25 heavy (non-hydrogen) atoms. The lowest BCUT2D eigenvalue weighted by Crippen LogP contribution is -2.31. The number of carbonyl (C=O) groups excluding carboxylic acids is 3. The Morgan fingerprint density at radius 2 is 1.76 bits per heavy atom. The molecule has 0 spiro atoms. The number of rotatable bonds is 4. The van der Waals surface area contributed by atoms with Gasteiger partial charge in [-0.15, -0.1) is 0 Å². The Labute approximate surface area is 146 Å². The minimum Gasteiger partial charge on any atom is -0.469 e. The van der Waals surface area contributed by atoms with Crippen molar-refractivity contribution in [2.75, 3.05) is 26.7 Å². The molecule has 1 aromatic heterocycles. The first-order valence-electron chi connectivity index (χ1n) is 8.79. The van der Waals surface area contributed by atoms with Gasteiger partial charge in [0.05, 0.1) is 25.8 Å². The molecule has 0 bridgehead atoms. The Morgan fingerprint density at radius 1 is 1.04 bits per heavy atom. The largest absolute Gasteiger partial charge is 0.469 e. The zero-order valence-electron chi connectivity index (χ0n) is 14.6. The van der Waals surface area contributed by atoms with Crippen molar-refractivity contribution in [1.82, 2.24) is 19.6 Å². The standard InChI is InChI=1S/C17H24N4O4/c1-25-16(23)6-5-15(22)20-9-4-10-21-13(12-20)11-14(18-21)17(24)19-7-2-3-8-19/h11H,2-10,12H2,1H3. The number of nitrogens with zero attached hydrogens (tertiary/aromatic N) is 4. The quantitative estimate of drug-likeness (QED) is 0.752. The third-order valence-electron chi connectivity index (χ3n) is 4.75. The van der Waals surface area contributed by atoms with Gasteiger partial charge in [0.15, 0.2) is 5.69 Å². The normalized spacial score (nSPS) is 17.2. The van der Waals surface area contributed by atoms with Gasteiger partial charge in [0.25, 0.3) is 5.91 Å². The number of hydrogen-bond acceptors (Lipinski definition) is 5. The molecule has 0 unspecified atom stereocenters. The first kappa shape index (κ1) is 17.4. The summed E-state index contributed by atoms with van der Waals surface area (Å²) in [6.45, 7) is 3.31. The number of fused-ring (bicyclic) bond motifs is 1. The Balaban J connectivity index is 1.66. The second-order valence-corrected chi connectivity index (χ2v) is 6.49. The van der Waals surface area contributed by atoms with Gasteiger partial charge in [-0.3, -0.25) is 19.1 Å². The summed E-state index contributed by atoms with van der Waals surface area (Å²) in [7, 11) is 1.32. The van der Waals surface area contributed by atoms with E-state index in [0.29, 0.717) is 25.3 Å². The minimum absolute atomic E-state index is 0.0263. The van der Waals surface area contributed by atoms with E-state index in [0.717, 1.165) is 38.0 Å². The number of methoxy groups -OCH3 is 1.